The van der Waals surface area contributed by atoms with E-state index < -0.39 is 34.7 Å². The molecule has 1 fully saturated rings. The summed E-state index contributed by atoms with van der Waals surface area (Å²) in [4.78, 5) is 51.9. The zero-order valence-electron chi connectivity index (χ0n) is 14.5. The number of hydrogen-bond acceptors (Lipinski definition) is 5. The summed E-state index contributed by atoms with van der Waals surface area (Å²) in [5.74, 6) is -3.35. The van der Waals surface area contributed by atoms with Gasteiger partial charge in [-0.3, -0.25) is 19.3 Å². The van der Waals surface area contributed by atoms with Crippen LogP contribution in [-0.2, 0) is 11.3 Å². The van der Waals surface area contributed by atoms with Crippen LogP contribution in [0.1, 0.15) is 53.0 Å². The average Bonchev–Trinajstić information content (AvgIpc) is 2.66. The van der Waals surface area contributed by atoms with Crippen LogP contribution in [0.15, 0.2) is 23.4 Å². The molecule has 0 bridgehead atoms. The topological polar surface area (TPSA) is 120 Å². The van der Waals surface area contributed by atoms with Gasteiger partial charge in [0.2, 0.25) is 5.43 Å². The van der Waals surface area contributed by atoms with Crippen LogP contribution in [0.2, 0.25) is 0 Å². The molecule has 27 heavy (non-hydrogen) atoms. The van der Waals surface area contributed by atoms with Gasteiger partial charge in [0, 0.05) is 24.6 Å². The van der Waals surface area contributed by atoms with Crippen molar-refractivity contribution in [2.24, 2.45) is 0 Å². The van der Waals surface area contributed by atoms with Crippen molar-refractivity contribution in [2.75, 3.05) is 0 Å². The van der Waals surface area contributed by atoms with E-state index in [1.807, 2.05) is 0 Å². The van der Waals surface area contributed by atoms with Gasteiger partial charge in [-0.15, -0.1) is 0 Å². The number of rotatable bonds is 2. The molecular weight excluding hydrogens is 354 g/mol. The lowest BCUT2D eigenvalue weighted by atomic mass is 9.93. The van der Waals surface area contributed by atoms with Crippen molar-refractivity contribution >= 4 is 17.8 Å². The summed E-state index contributed by atoms with van der Waals surface area (Å²) in [5.41, 5.74) is -2.05. The lowest BCUT2D eigenvalue weighted by Crippen LogP contribution is -2.58. The summed E-state index contributed by atoms with van der Waals surface area (Å²) in [6.07, 6.45) is 9.17. The van der Waals surface area contributed by atoms with Gasteiger partial charge < -0.3 is 19.7 Å². The lowest BCUT2D eigenvalue weighted by Gasteiger charge is -2.43. The van der Waals surface area contributed by atoms with Gasteiger partial charge in [-0.25, -0.2) is 4.79 Å². The summed E-state index contributed by atoms with van der Waals surface area (Å²) >= 11 is 0. The van der Waals surface area contributed by atoms with E-state index in [0.29, 0.717) is 0 Å². The Bertz CT molecular complexity index is 928. The monoisotopic (exact) mass is 373 g/mol. The van der Waals surface area contributed by atoms with E-state index in [1.54, 1.807) is 11.1 Å². The Balaban J connectivity index is 1.74. The number of aromatic nitrogens is 1. The van der Waals surface area contributed by atoms with Crippen LogP contribution < -0.4 is 5.43 Å². The number of carboxylic acid groups (broad SMARTS) is 1. The quantitative estimate of drug-likeness (QED) is 0.788. The second-order valence-electron chi connectivity index (χ2n) is 7.09. The van der Waals surface area contributed by atoms with Crippen LogP contribution in [0.4, 0.5) is 0 Å². The molecule has 142 valence electrons. The first-order valence-corrected chi connectivity index (χ1v) is 8.93. The van der Waals surface area contributed by atoms with Crippen molar-refractivity contribution in [3.63, 3.8) is 0 Å². The molecule has 9 nitrogen and oxygen atoms in total. The predicted molar refractivity (Wildman–Crippen MR) is 92.1 cm³/mol. The molecule has 2 aliphatic heterocycles. The number of amides is 2. The fourth-order valence-electron chi connectivity index (χ4n) is 4.13. The molecule has 0 unspecified atom stereocenters. The van der Waals surface area contributed by atoms with E-state index in [-0.39, 0.29) is 24.2 Å². The molecule has 2 N–H and O–H groups in total. The number of carboxylic acids is 1. The SMILES string of the molecule is O=C(O)c1cn2c(c(O)c1=O)C(=O)N1C=CN(C3CCCCC3)C(=O)[C@H]1C2. The van der Waals surface area contributed by atoms with E-state index in [4.69, 9.17) is 5.11 Å². The third kappa shape index (κ3) is 2.61. The third-order valence-corrected chi connectivity index (χ3v) is 5.52. The van der Waals surface area contributed by atoms with Crippen LogP contribution in [-0.4, -0.2) is 54.4 Å². The second kappa shape index (κ2) is 6.26. The number of hydrogen-bond donors (Lipinski definition) is 2. The van der Waals surface area contributed by atoms with Crippen LogP contribution in [0.5, 0.6) is 5.75 Å². The van der Waals surface area contributed by atoms with E-state index in [2.05, 4.69) is 0 Å². The van der Waals surface area contributed by atoms with E-state index >= 15 is 0 Å². The molecule has 0 saturated heterocycles. The number of carbonyl (C=O) groups is 3. The summed E-state index contributed by atoms with van der Waals surface area (Å²) in [6.45, 7) is -0.0262. The zero-order chi connectivity index (χ0) is 19.3. The minimum absolute atomic E-state index is 0.0262. The van der Waals surface area contributed by atoms with Gasteiger partial charge >= 0.3 is 5.97 Å². The van der Waals surface area contributed by atoms with Crippen LogP contribution in [0.3, 0.4) is 0 Å². The van der Waals surface area contributed by atoms with Crippen molar-refractivity contribution in [3.05, 3.63) is 40.1 Å². The predicted octanol–water partition coefficient (Wildman–Crippen LogP) is 0.723. The Morgan fingerprint density at radius 2 is 1.70 bits per heavy atom. The number of carbonyl (C=O) groups excluding carboxylic acids is 2. The standard InChI is InChI=1S/C18H19N3O6/c22-14-11(18(26)27)8-19-9-12-16(24)20(10-4-2-1-3-5-10)6-7-21(12)17(25)13(19)15(14)23/h6-8,10,12,23H,1-5,9H2,(H,26,27)/t12-/m1/s1. The molecule has 0 radical (unpaired) electrons. The summed E-state index contributed by atoms with van der Waals surface area (Å²) < 4.78 is 1.19. The molecule has 2 amide bonds. The van der Waals surface area contributed by atoms with E-state index in [1.165, 1.54) is 15.7 Å². The lowest BCUT2D eigenvalue weighted by molar-refractivity contribution is -0.137. The van der Waals surface area contributed by atoms with Gasteiger partial charge in [0.15, 0.2) is 11.4 Å². The Hall–Kier alpha value is -3.10. The highest BCUT2D eigenvalue weighted by Crippen LogP contribution is 2.30. The smallest absolute Gasteiger partial charge is 0.341 e. The van der Waals surface area contributed by atoms with Gasteiger partial charge in [-0.1, -0.05) is 19.3 Å². The fraction of sp³-hybridized carbons (Fsp3) is 0.444. The van der Waals surface area contributed by atoms with Crippen molar-refractivity contribution in [3.8, 4) is 5.75 Å². The van der Waals surface area contributed by atoms with Crippen LogP contribution in [0.25, 0.3) is 0 Å². The number of aromatic carboxylic acids is 1. The highest BCUT2D eigenvalue weighted by atomic mass is 16.4. The van der Waals surface area contributed by atoms with E-state index in [0.717, 1.165) is 38.3 Å². The summed E-state index contributed by atoms with van der Waals surface area (Å²) in [5, 5.41) is 19.2. The molecule has 9 heteroatoms. The number of fused-ring (bicyclic) bond motifs is 2. The number of aromatic hydroxyl groups is 1. The summed E-state index contributed by atoms with van der Waals surface area (Å²) in [6, 6.07) is -0.737. The number of pyridine rings is 1. The van der Waals surface area contributed by atoms with Gasteiger partial charge in [0.05, 0.1) is 6.54 Å². The van der Waals surface area contributed by atoms with Crippen molar-refractivity contribution < 1.29 is 24.6 Å². The van der Waals surface area contributed by atoms with Crippen LogP contribution >= 0.6 is 0 Å². The van der Waals surface area contributed by atoms with Crippen LogP contribution in [0, 0.1) is 0 Å². The zero-order valence-corrected chi connectivity index (χ0v) is 14.5. The molecule has 1 atom stereocenters. The molecule has 0 spiro atoms. The van der Waals surface area contributed by atoms with E-state index in [9.17, 15) is 24.3 Å². The maximum atomic E-state index is 13.0. The summed E-state index contributed by atoms with van der Waals surface area (Å²) in [7, 11) is 0. The molecule has 0 aromatic carbocycles. The van der Waals surface area contributed by atoms with Crippen molar-refractivity contribution in [1.82, 2.24) is 14.4 Å². The third-order valence-electron chi connectivity index (χ3n) is 5.52. The van der Waals surface area contributed by atoms with Gasteiger partial charge in [-0.2, -0.15) is 0 Å². The largest absolute Gasteiger partial charge is 0.503 e. The van der Waals surface area contributed by atoms with Gasteiger partial charge in [-0.05, 0) is 12.8 Å². The fourth-order valence-corrected chi connectivity index (χ4v) is 4.13. The van der Waals surface area contributed by atoms with Gasteiger partial charge in [0.1, 0.15) is 11.6 Å². The molecule has 3 heterocycles. The Morgan fingerprint density at radius 1 is 1.04 bits per heavy atom. The van der Waals surface area contributed by atoms with Crippen molar-refractivity contribution in [2.45, 2.75) is 50.7 Å². The first-order chi connectivity index (χ1) is 12.9. The Labute approximate surface area is 154 Å². The number of nitrogens with zero attached hydrogens (tertiary/aromatic N) is 3. The highest BCUT2D eigenvalue weighted by Gasteiger charge is 2.43. The first kappa shape index (κ1) is 17.3. The normalized spacial score (nSPS) is 22.6. The Morgan fingerprint density at radius 3 is 2.37 bits per heavy atom. The van der Waals surface area contributed by atoms with Gasteiger partial charge in [0.25, 0.3) is 11.8 Å². The molecule has 1 aromatic heterocycles. The minimum atomic E-state index is -1.50. The average molecular weight is 373 g/mol. The molecule has 4 rings (SSSR count). The molecule has 1 aliphatic carbocycles. The molecule has 1 aromatic rings. The second-order valence-corrected chi connectivity index (χ2v) is 7.09. The maximum Gasteiger partial charge on any atom is 0.341 e. The van der Waals surface area contributed by atoms with Crippen molar-refractivity contribution in [1.29, 1.82) is 0 Å². The first-order valence-electron chi connectivity index (χ1n) is 8.93. The highest BCUT2D eigenvalue weighted by molar-refractivity contribution is 6.02. The maximum absolute atomic E-state index is 13.0. The molecule has 3 aliphatic rings. The Kier molecular flexibility index (Phi) is 4.01. The minimum Gasteiger partial charge on any atom is -0.503 e. The molecular formula is C18H19N3O6. The molecule has 1 saturated carbocycles.